The van der Waals surface area contributed by atoms with Crippen LogP contribution >= 0.6 is 11.6 Å². The molecule has 1 saturated carbocycles. The van der Waals surface area contributed by atoms with Gasteiger partial charge in [0, 0.05) is 0 Å². The molecule has 0 amide bonds. The van der Waals surface area contributed by atoms with Crippen LogP contribution in [-0.2, 0) is 5.41 Å². The Bertz CT molecular complexity index is 742. The first-order valence-electron chi connectivity index (χ1n) is 6.50. The van der Waals surface area contributed by atoms with Gasteiger partial charge >= 0.3 is 0 Å². The number of fused-ring (bicyclic) bond motifs is 1. The Labute approximate surface area is 116 Å². The number of benzene rings is 2. The number of aromatic nitrogens is 2. The van der Waals surface area contributed by atoms with E-state index in [9.17, 15) is 0 Å². The molecule has 0 aliphatic heterocycles. The molecule has 0 saturated heterocycles. The summed E-state index contributed by atoms with van der Waals surface area (Å²) in [5, 5.41) is 0.712. The van der Waals surface area contributed by atoms with Gasteiger partial charge in [-0.3, -0.25) is 0 Å². The zero-order valence-electron chi connectivity index (χ0n) is 10.4. The summed E-state index contributed by atoms with van der Waals surface area (Å²) < 4.78 is 0. The van der Waals surface area contributed by atoms with E-state index in [-0.39, 0.29) is 5.41 Å². The highest BCUT2D eigenvalue weighted by atomic mass is 35.5. The predicted molar refractivity (Wildman–Crippen MR) is 77.6 cm³/mol. The van der Waals surface area contributed by atoms with E-state index in [1.165, 1.54) is 5.56 Å². The van der Waals surface area contributed by atoms with Crippen LogP contribution in [0.5, 0.6) is 0 Å². The lowest BCUT2D eigenvalue weighted by Crippen LogP contribution is -2.10. The van der Waals surface area contributed by atoms with Gasteiger partial charge in [0.25, 0.3) is 0 Å². The maximum atomic E-state index is 6.20. The molecule has 0 atom stereocenters. The summed E-state index contributed by atoms with van der Waals surface area (Å²) >= 11 is 6.20. The van der Waals surface area contributed by atoms with Crippen LogP contribution in [0.4, 0.5) is 0 Å². The fraction of sp³-hybridized carbons (Fsp3) is 0.188. The van der Waals surface area contributed by atoms with Gasteiger partial charge in [-0.2, -0.15) is 0 Å². The largest absolute Gasteiger partial charge is 0.341 e. The molecule has 19 heavy (non-hydrogen) atoms. The molecule has 3 aromatic rings. The highest BCUT2D eigenvalue weighted by Gasteiger charge is 2.48. The number of H-pyrrole nitrogens is 1. The lowest BCUT2D eigenvalue weighted by molar-refractivity contribution is 0.779. The summed E-state index contributed by atoms with van der Waals surface area (Å²) in [4.78, 5) is 8.18. The molecule has 4 rings (SSSR count). The van der Waals surface area contributed by atoms with Gasteiger partial charge in [0.05, 0.1) is 16.0 Å². The average Bonchev–Trinajstić information content (AvgIpc) is 3.14. The molecule has 1 aliphatic rings. The van der Waals surface area contributed by atoms with Crippen LogP contribution < -0.4 is 0 Å². The molecule has 0 bridgehead atoms. The number of imidazole rings is 1. The SMILES string of the molecule is Clc1cccc2[nH]c(C3(c4ccccc4)CC3)nc12. The molecule has 2 aromatic carbocycles. The molecule has 1 heterocycles. The Morgan fingerprint density at radius 3 is 2.47 bits per heavy atom. The van der Waals surface area contributed by atoms with E-state index < -0.39 is 0 Å². The minimum absolute atomic E-state index is 0.0730. The van der Waals surface area contributed by atoms with E-state index in [0.29, 0.717) is 5.02 Å². The molecule has 1 aliphatic carbocycles. The van der Waals surface area contributed by atoms with Crippen LogP contribution in [0.1, 0.15) is 24.2 Å². The summed E-state index contributed by atoms with van der Waals surface area (Å²) in [6.45, 7) is 0. The Hall–Kier alpha value is -1.80. The van der Waals surface area contributed by atoms with Crippen molar-refractivity contribution in [1.29, 1.82) is 0 Å². The molecular weight excluding hydrogens is 256 g/mol. The monoisotopic (exact) mass is 268 g/mol. The third-order valence-electron chi connectivity index (χ3n) is 3.99. The van der Waals surface area contributed by atoms with E-state index in [1.807, 2.05) is 18.2 Å². The standard InChI is InChI=1S/C16H13ClN2/c17-12-7-4-8-13-14(12)19-15(18-13)16(9-10-16)11-5-2-1-3-6-11/h1-8H,9-10H2,(H,18,19). The predicted octanol–water partition coefficient (Wildman–Crippen LogP) is 4.30. The van der Waals surface area contributed by atoms with Gasteiger partial charge in [-0.1, -0.05) is 48.0 Å². The number of hydrogen-bond donors (Lipinski definition) is 1. The highest BCUT2D eigenvalue weighted by molar-refractivity contribution is 6.34. The van der Waals surface area contributed by atoms with Crippen LogP contribution in [0.2, 0.25) is 5.02 Å². The summed E-state index contributed by atoms with van der Waals surface area (Å²) in [6.07, 6.45) is 2.29. The van der Waals surface area contributed by atoms with Gasteiger partial charge in [0.1, 0.15) is 11.3 Å². The number of nitrogens with one attached hydrogen (secondary N) is 1. The normalized spacial score (nSPS) is 16.7. The molecule has 0 spiro atoms. The fourth-order valence-corrected chi connectivity index (χ4v) is 2.98. The molecular formula is C16H13ClN2. The van der Waals surface area contributed by atoms with Crippen molar-refractivity contribution >= 4 is 22.6 Å². The second-order valence-electron chi connectivity index (χ2n) is 5.17. The second kappa shape index (κ2) is 3.84. The molecule has 0 unspecified atom stereocenters. The first-order valence-corrected chi connectivity index (χ1v) is 6.88. The number of aromatic amines is 1. The van der Waals surface area contributed by atoms with E-state index in [0.717, 1.165) is 29.7 Å². The van der Waals surface area contributed by atoms with Gasteiger partial charge in [-0.25, -0.2) is 4.98 Å². The van der Waals surface area contributed by atoms with Gasteiger partial charge in [0.2, 0.25) is 0 Å². The van der Waals surface area contributed by atoms with Crippen molar-refractivity contribution in [2.75, 3.05) is 0 Å². The van der Waals surface area contributed by atoms with Crippen molar-refractivity contribution in [2.45, 2.75) is 18.3 Å². The van der Waals surface area contributed by atoms with Crippen LogP contribution in [0.15, 0.2) is 48.5 Å². The maximum Gasteiger partial charge on any atom is 0.118 e. The van der Waals surface area contributed by atoms with Crippen molar-refractivity contribution in [1.82, 2.24) is 9.97 Å². The van der Waals surface area contributed by atoms with Crippen LogP contribution in [0, 0.1) is 0 Å². The van der Waals surface area contributed by atoms with Crippen LogP contribution in [0.25, 0.3) is 11.0 Å². The third-order valence-corrected chi connectivity index (χ3v) is 4.30. The zero-order chi connectivity index (χ0) is 12.9. The number of halogens is 1. The fourth-order valence-electron chi connectivity index (χ4n) is 2.77. The summed E-state index contributed by atoms with van der Waals surface area (Å²) in [5.74, 6) is 1.04. The smallest absolute Gasteiger partial charge is 0.118 e. The van der Waals surface area contributed by atoms with Crippen LogP contribution in [0.3, 0.4) is 0 Å². The Balaban J connectivity index is 1.89. The minimum Gasteiger partial charge on any atom is -0.341 e. The van der Waals surface area contributed by atoms with E-state index >= 15 is 0 Å². The molecule has 1 N–H and O–H groups in total. The van der Waals surface area contributed by atoms with Gasteiger partial charge in [-0.15, -0.1) is 0 Å². The summed E-state index contributed by atoms with van der Waals surface area (Å²) in [5.41, 5.74) is 3.31. The van der Waals surface area contributed by atoms with E-state index in [4.69, 9.17) is 16.6 Å². The maximum absolute atomic E-state index is 6.20. The Kier molecular flexibility index (Phi) is 2.24. The zero-order valence-corrected chi connectivity index (χ0v) is 11.1. The molecule has 2 nitrogen and oxygen atoms in total. The highest BCUT2D eigenvalue weighted by Crippen LogP contribution is 2.52. The topological polar surface area (TPSA) is 28.7 Å². The average molecular weight is 269 g/mol. The first-order chi connectivity index (χ1) is 9.29. The lowest BCUT2D eigenvalue weighted by Gasteiger charge is -2.12. The van der Waals surface area contributed by atoms with Crippen molar-refractivity contribution < 1.29 is 0 Å². The van der Waals surface area contributed by atoms with E-state index in [2.05, 4.69) is 35.3 Å². The summed E-state index contributed by atoms with van der Waals surface area (Å²) in [7, 11) is 0. The molecule has 1 fully saturated rings. The Morgan fingerprint density at radius 1 is 1.00 bits per heavy atom. The van der Waals surface area contributed by atoms with E-state index in [1.54, 1.807) is 0 Å². The van der Waals surface area contributed by atoms with Gasteiger partial charge in [-0.05, 0) is 30.5 Å². The number of para-hydroxylation sites is 1. The number of rotatable bonds is 2. The number of nitrogens with zero attached hydrogens (tertiary/aromatic N) is 1. The molecule has 94 valence electrons. The quantitative estimate of drug-likeness (QED) is 0.738. The third kappa shape index (κ3) is 1.60. The van der Waals surface area contributed by atoms with Crippen LogP contribution in [-0.4, -0.2) is 9.97 Å². The van der Waals surface area contributed by atoms with Gasteiger partial charge in [0.15, 0.2) is 0 Å². The molecule has 1 aromatic heterocycles. The molecule has 0 radical (unpaired) electrons. The Morgan fingerprint density at radius 2 is 1.79 bits per heavy atom. The van der Waals surface area contributed by atoms with Crippen molar-refractivity contribution in [3.05, 3.63) is 64.9 Å². The first kappa shape index (κ1) is 11.1. The van der Waals surface area contributed by atoms with Crippen molar-refractivity contribution in [2.24, 2.45) is 0 Å². The number of hydrogen-bond acceptors (Lipinski definition) is 1. The van der Waals surface area contributed by atoms with Crippen molar-refractivity contribution in [3.63, 3.8) is 0 Å². The second-order valence-corrected chi connectivity index (χ2v) is 5.58. The molecule has 3 heteroatoms. The summed E-state index contributed by atoms with van der Waals surface area (Å²) in [6, 6.07) is 16.5. The van der Waals surface area contributed by atoms with Gasteiger partial charge < -0.3 is 4.98 Å². The van der Waals surface area contributed by atoms with Crippen molar-refractivity contribution in [3.8, 4) is 0 Å². The minimum atomic E-state index is 0.0730. The lowest BCUT2D eigenvalue weighted by atomic mass is 9.95.